The molecule has 9 heteroatoms. The van der Waals surface area contributed by atoms with Crippen molar-refractivity contribution in [2.24, 2.45) is 0 Å². The summed E-state index contributed by atoms with van der Waals surface area (Å²) < 4.78 is 41.4. The van der Waals surface area contributed by atoms with Gasteiger partial charge in [0.2, 0.25) is 11.9 Å². The fraction of sp³-hybridized carbons (Fsp3) is 0.150. The van der Waals surface area contributed by atoms with E-state index in [-0.39, 0.29) is 40.6 Å². The number of carboxylic acid groups (broad SMARTS) is 1. The second-order valence-corrected chi connectivity index (χ2v) is 6.36. The Bertz CT molecular complexity index is 1140. The van der Waals surface area contributed by atoms with E-state index in [2.05, 4.69) is 15.5 Å². The number of hydrogen-bond acceptors (Lipinski definition) is 3. The van der Waals surface area contributed by atoms with Gasteiger partial charge in [0.15, 0.2) is 0 Å². The number of benzene rings is 2. The van der Waals surface area contributed by atoms with E-state index in [1.807, 2.05) is 0 Å². The van der Waals surface area contributed by atoms with Crippen molar-refractivity contribution in [1.82, 2.24) is 10.2 Å². The first-order valence-corrected chi connectivity index (χ1v) is 8.58. The van der Waals surface area contributed by atoms with Crippen LogP contribution in [0.25, 0.3) is 17.0 Å². The van der Waals surface area contributed by atoms with Crippen LogP contribution in [0, 0.1) is 24.5 Å². The summed E-state index contributed by atoms with van der Waals surface area (Å²) in [4.78, 5) is 23.1. The summed E-state index contributed by atoms with van der Waals surface area (Å²) in [6, 6.07) is 4.87. The van der Waals surface area contributed by atoms with Crippen molar-refractivity contribution < 1.29 is 27.9 Å². The van der Waals surface area contributed by atoms with Gasteiger partial charge in [0.25, 0.3) is 0 Å². The summed E-state index contributed by atoms with van der Waals surface area (Å²) in [6.07, 6.45) is 2.15. The average molecular weight is 403 g/mol. The summed E-state index contributed by atoms with van der Waals surface area (Å²) >= 11 is 0. The number of nitrogens with zero attached hydrogens (tertiary/aromatic N) is 1. The number of H-pyrrole nitrogens is 1. The van der Waals surface area contributed by atoms with Gasteiger partial charge in [-0.05, 0) is 43.2 Å². The minimum Gasteiger partial charge on any atom is -0.481 e. The molecular weight excluding hydrogens is 387 g/mol. The number of halogens is 3. The molecule has 0 aliphatic rings. The standard InChI is InChI=1S/C20H16F3N3O3/c1-10-14(21)5-2-11(4-7-18(28)29)19(10)24-17(27)6-3-12-8-16-13(9-15(12)22)20(23)26-25-16/h2-3,5-6,8-9H,4,7H2,1H3,(H,24,27)(H,25,26)(H,28,29). The predicted octanol–water partition coefficient (Wildman–Crippen LogP) is 3.96. The number of carbonyl (C=O) groups is 2. The molecule has 2 aromatic carbocycles. The quantitative estimate of drug-likeness (QED) is 0.543. The fourth-order valence-electron chi connectivity index (χ4n) is 2.85. The molecule has 0 saturated heterocycles. The third-order valence-electron chi connectivity index (χ3n) is 4.39. The van der Waals surface area contributed by atoms with Crippen molar-refractivity contribution in [3.05, 3.63) is 64.6 Å². The molecule has 3 rings (SSSR count). The third kappa shape index (κ3) is 4.45. The first-order valence-electron chi connectivity index (χ1n) is 8.58. The van der Waals surface area contributed by atoms with Crippen LogP contribution in [0.4, 0.5) is 18.9 Å². The van der Waals surface area contributed by atoms with Gasteiger partial charge in [-0.3, -0.25) is 14.7 Å². The smallest absolute Gasteiger partial charge is 0.303 e. The lowest BCUT2D eigenvalue weighted by molar-refractivity contribution is -0.136. The topological polar surface area (TPSA) is 95.1 Å². The Hall–Kier alpha value is -3.62. The molecule has 3 aromatic rings. The van der Waals surface area contributed by atoms with Crippen LogP contribution in [0.15, 0.2) is 30.3 Å². The van der Waals surface area contributed by atoms with Crippen LogP contribution >= 0.6 is 0 Å². The van der Waals surface area contributed by atoms with Crippen LogP contribution in [0.2, 0.25) is 0 Å². The monoisotopic (exact) mass is 403 g/mol. The predicted molar refractivity (Wildman–Crippen MR) is 101 cm³/mol. The zero-order valence-electron chi connectivity index (χ0n) is 15.2. The summed E-state index contributed by atoms with van der Waals surface area (Å²) in [6.45, 7) is 1.46. The molecule has 1 heterocycles. The third-order valence-corrected chi connectivity index (χ3v) is 4.39. The molecule has 0 atom stereocenters. The molecule has 0 bridgehead atoms. The van der Waals surface area contributed by atoms with Crippen LogP contribution in [-0.4, -0.2) is 27.2 Å². The van der Waals surface area contributed by atoms with E-state index in [1.54, 1.807) is 0 Å². The van der Waals surface area contributed by atoms with Crippen molar-refractivity contribution in [2.75, 3.05) is 5.32 Å². The summed E-state index contributed by atoms with van der Waals surface area (Å²) in [7, 11) is 0. The Morgan fingerprint density at radius 1 is 1.21 bits per heavy atom. The normalized spacial score (nSPS) is 11.3. The molecule has 0 aliphatic carbocycles. The Kier molecular flexibility index (Phi) is 5.67. The van der Waals surface area contributed by atoms with Crippen molar-refractivity contribution in [3.8, 4) is 0 Å². The van der Waals surface area contributed by atoms with Crippen LogP contribution < -0.4 is 5.32 Å². The fourth-order valence-corrected chi connectivity index (χ4v) is 2.85. The van der Waals surface area contributed by atoms with Crippen LogP contribution in [0.5, 0.6) is 0 Å². The molecule has 3 N–H and O–H groups in total. The highest BCUT2D eigenvalue weighted by molar-refractivity contribution is 6.03. The number of aryl methyl sites for hydroxylation is 1. The van der Waals surface area contributed by atoms with Gasteiger partial charge in [0, 0.05) is 23.6 Å². The maximum Gasteiger partial charge on any atom is 0.303 e. The molecular formula is C20H16F3N3O3. The molecule has 29 heavy (non-hydrogen) atoms. The molecule has 6 nitrogen and oxygen atoms in total. The molecule has 0 aliphatic heterocycles. The Morgan fingerprint density at radius 2 is 1.97 bits per heavy atom. The lowest BCUT2D eigenvalue weighted by Gasteiger charge is -2.13. The van der Waals surface area contributed by atoms with Crippen LogP contribution in [-0.2, 0) is 16.0 Å². The number of amides is 1. The van der Waals surface area contributed by atoms with E-state index in [4.69, 9.17) is 5.11 Å². The second kappa shape index (κ2) is 8.17. The number of fused-ring (bicyclic) bond motifs is 1. The van der Waals surface area contributed by atoms with Crippen LogP contribution in [0.1, 0.15) is 23.1 Å². The zero-order chi connectivity index (χ0) is 21.1. The number of carbonyl (C=O) groups excluding carboxylic acids is 1. The number of aliphatic carboxylic acids is 1. The first kappa shape index (κ1) is 20.1. The summed E-state index contributed by atoms with van der Waals surface area (Å²) in [5, 5.41) is 17.1. The largest absolute Gasteiger partial charge is 0.481 e. The minimum absolute atomic E-state index is 0.0115. The van der Waals surface area contributed by atoms with Crippen molar-refractivity contribution in [2.45, 2.75) is 19.8 Å². The van der Waals surface area contributed by atoms with Crippen molar-refractivity contribution in [3.63, 3.8) is 0 Å². The van der Waals surface area contributed by atoms with E-state index in [0.29, 0.717) is 5.56 Å². The molecule has 0 fully saturated rings. The number of aromatic amines is 1. The van der Waals surface area contributed by atoms with E-state index in [9.17, 15) is 22.8 Å². The van der Waals surface area contributed by atoms with Gasteiger partial charge in [-0.25, -0.2) is 8.78 Å². The molecule has 0 spiro atoms. The van der Waals surface area contributed by atoms with E-state index in [1.165, 1.54) is 31.2 Å². The summed E-state index contributed by atoms with van der Waals surface area (Å²) in [5.41, 5.74) is 1.09. The van der Waals surface area contributed by atoms with E-state index in [0.717, 1.165) is 12.1 Å². The van der Waals surface area contributed by atoms with Gasteiger partial charge >= 0.3 is 5.97 Å². The minimum atomic E-state index is -1.02. The Labute approximate surface area is 163 Å². The second-order valence-electron chi connectivity index (χ2n) is 6.36. The van der Waals surface area contributed by atoms with Gasteiger partial charge in [-0.1, -0.05) is 6.07 Å². The highest BCUT2D eigenvalue weighted by Crippen LogP contribution is 2.25. The van der Waals surface area contributed by atoms with Crippen LogP contribution in [0.3, 0.4) is 0 Å². The highest BCUT2D eigenvalue weighted by Gasteiger charge is 2.14. The molecule has 150 valence electrons. The molecule has 1 aromatic heterocycles. The Balaban J connectivity index is 1.83. The van der Waals surface area contributed by atoms with Gasteiger partial charge in [-0.2, -0.15) is 4.39 Å². The number of anilines is 1. The van der Waals surface area contributed by atoms with Gasteiger partial charge < -0.3 is 10.4 Å². The number of hydrogen-bond donors (Lipinski definition) is 3. The maximum atomic E-state index is 14.1. The van der Waals surface area contributed by atoms with Gasteiger partial charge in [0.1, 0.15) is 11.6 Å². The highest BCUT2D eigenvalue weighted by atomic mass is 19.1. The molecule has 0 unspecified atom stereocenters. The number of nitrogens with one attached hydrogen (secondary N) is 2. The van der Waals surface area contributed by atoms with Gasteiger partial charge in [0.05, 0.1) is 16.6 Å². The van der Waals surface area contributed by atoms with Gasteiger partial charge in [-0.15, -0.1) is 5.10 Å². The lowest BCUT2D eigenvalue weighted by atomic mass is 10.0. The number of carboxylic acids is 1. The molecule has 0 radical (unpaired) electrons. The molecule has 0 saturated carbocycles. The number of rotatable bonds is 6. The van der Waals surface area contributed by atoms with E-state index >= 15 is 0 Å². The SMILES string of the molecule is Cc1c(F)ccc(CCC(=O)O)c1NC(=O)C=Cc1cc2[nH]nc(F)c2cc1F. The summed E-state index contributed by atoms with van der Waals surface area (Å²) in [5.74, 6) is -3.81. The van der Waals surface area contributed by atoms with Crippen molar-refractivity contribution in [1.29, 1.82) is 0 Å². The maximum absolute atomic E-state index is 14.1. The average Bonchev–Trinajstić information content (AvgIpc) is 3.02. The van der Waals surface area contributed by atoms with Crippen molar-refractivity contribution >= 4 is 34.5 Å². The lowest BCUT2D eigenvalue weighted by Crippen LogP contribution is -2.13. The molecule has 1 amide bonds. The van der Waals surface area contributed by atoms with E-state index < -0.39 is 29.5 Å². The zero-order valence-corrected chi connectivity index (χ0v) is 15.2. The first-order chi connectivity index (χ1) is 13.8. The number of aromatic nitrogens is 2. The Morgan fingerprint density at radius 3 is 2.69 bits per heavy atom.